The van der Waals surface area contributed by atoms with Crippen LogP contribution in [0.4, 0.5) is 0 Å². The summed E-state index contributed by atoms with van der Waals surface area (Å²) in [6.45, 7) is 0.153. The summed E-state index contributed by atoms with van der Waals surface area (Å²) in [7, 11) is 0. The number of carbonyl (C=O) groups is 1. The Balaban J connectivity index is 1.79. The lowest BCUT2D eigenvalue weighted by Crippen LogP contribution is -2.43. The van der Waals surface area contributed by atoms with Crippen LogP contribution in [0, 0.1) is 17.2 Å². The topological polar surface area (TPSA) is 73.1 Å². The van der Waals surface area contributed by atoms with Gasteiger partial charge in [-0.3, -0.25) is 4.79 Å². The monoisotopic (exact) mass is 286 g/mol. The maximum atomic E-state index is 12.0. The van der Waals surface area contributed by atoms with Gasteiger partial charge in [0.05, 0.1) is 11.6 Å². The number of hydrogen-bond donors (Lipinski definition) is 2. The zero-order valence-corrected chi connectivity index (χ0v) is 12.2. The number of nitrogens with one attached hydrogen (secondary N) is 1. The van der Waals surface area contributed by atoms with E-state index < -0.39 is 0 Å². The number of hydrogen-bond acceptors (Lipinski definition) is 3. The van der Waals surface area contributed by atoms with E-state index >= 15 is 0 Å². The van der Waals surface area contributed by atoms with Gasteiger partial charge in [0.25, 0.3) is 0 Å². The van der Waals surface area contributed by atoms with E-state index in [1.807, 2.05) is 12.1 Å². The molecular formula is C17H22N2O2. The van der Waals surface area contributed by atoms with Crippen LogP contribution >= 0.6 is 0 Å². The lowest BCUT2D eigenvalue weighted by Gasteiger charge is -2.30. The van der Waals surface area contributed by atoms with Crippen molar-refractivity contribution >= 4 is 5.91 Å². The maximum absolute atomic E-state index is 12.0. The van der Waals surface area contributed by atoms with Crippen molar-refractivity contribution in [2.45, 2.75) is 44.6 Å². The zero-order chi connectivity index (χ0) is 15.1. The van der Waals surface area contributed by atoms with E-state index in [-0.39, 0.29) is 24.5 Å². The van der Waals surface area contributed by atoms with Crippen molar-refractivity contribution in [2.75, 3.05) is 6.61 Å². The summed E-state index contributed by atoms with van der Waals surface area (Å²) in [5.74, 6) is 0.252. The molecule has 112 valence electrons. The van der Waals surface area contributed by atoms with E-state index in [0.29, 0.717) is 18.4 Å². The van der Waals surface area contributed by atoms with Crippen molar-refractivity contribution in [3.05, 3.63) is 35.4 Å². The molecule has 2 N–H and O–H groups in total. The number of nitriles is 1. The molecule has 1 aliphatic carbocycles. The van der Waals surface area contributed by atoms with Crippen LogP contribution in [0.1, 0.15) is 43.2 Å². The molecule has 0 heterocycles. The van der Waals surface area contributed by atoms with Crippen molar-refractivity contribution in [3.63, 3.8) is 0 Å². The molecule has 4 heteroatoms. The molecule has 1 amide bonds. The van der Waals surface area contributed by atoms with Gasteiger partial charge in [-0.15, -0.1) is 0 Å². The average Bonchev–Trinajstić information content (AvgIpc) is 2.54. The highest BCUT2D eigenvalue weighted by Gasteiger charge is 2.25. The largest absolute Gasteiger partial charge is 0.396 e. The van der Waals surface area contributed by atoms with Crippen LogP contribution < -0.4 is 5.32 Å². The number of benzene rings is 1. The smallest absolute Gasteiger partial charge is 0.220 e. The standard InChI is InChI=1S/C17H22N2O2/c18-11-14-7-5-13(6-8-14)9-10-17(21)19-16-4-2-1-3-15(16)12-20/h5-8,15-16,20H,1-4,9-10,12H2,(H,19,21). The van der Waals surface area contributed by atoms with E-state index in [2.05, 4.69) is 11.4 Å². The number of carbonyl (C=O) groups excluding carboxylic acids is 1. The van der Waals surface area contributed by atoms with Gasteiger partial charge in [0.2, 0.25) is 5.91 Å². The molecule has 0 aliphatic heterocycles. The first-order valence-corrected chi connectivity index (χ1v) is 7.62. The van der Waals surface area contributed by atoms with E-state index in [4.69, 9.17) is 5.26 Å². The summed E-state index contributed by atoms with van der Waals surface area (Å²) in [4.78, 5) is 12.0. The van der Waals surface area contributed by atoms with E-state index in [1.165, 1.54) is 0 Å². The first kappa shape index (κ1) is 15.5. The maximum Gasteiger partial charge on any atom is 0.220 e. The molecule has 0 bridgehead atoms. The van der Waals surface area contributed by atoms with Crippen LogP contribution in [0.2, 0.25) is 0 Å². The minimum atomic E-state index is 0.0460. The normalized spacial score (nSPS) is 21.5. The number of aryl methyl sites for hydroxylation is 1. The molecule has 4 nitrogen and oxygen atoms in total. The molecule has 0 aromatic heterocycles. The predicted molar refractivity (Wildman–Crippen MR) is 80.5 cm³/mol. The van der Waals surface area contributed by atoms with Gasteiger partial charge in [0, 0.05) is 25.0 Å². The van der Waals surface area contributed by atoms with Gasteiger partial charge in [-0.05, 0) is 37.0 Å². The van der Waals surface area contributed by atoms with Gasteiger partial charge in [0.15, 0.2) is 0 Å². The summed E-state index contributed by atoms with van der Waals surface area (Å²) < 4.78 is 0. The second-order valence-corrected chi connectivity index (χ2v) is 5.71. The van der Waals surface area contributed by atoms with Crippen LogP contribution in [-0.4, -0.2) is 23.7 Å². The SMILES string of the molecule is N#Cc1ccc(CCC(=O)NC2CCCCC2CO)cc1. The van der Waals surface area contributed by atoms with Gasteiger partial charge in [-0.1, -0.05) is 25.0 Å². The molecule has 0 spiro atoms. The highest BCUT2D eigenvalue weighted by Crippen LogP contribution is 2.24. The number of nitrogens with zero attached hydrogens (tertiary/aromatic N) is 1. The van der Waals surface area contributed by atoms with Crippen molar-refractivity contribution in [3.8, 4) is 6.07 Å². The third-order valence-corrected chi connectivity index (χ3v) is 4.21. The van der Waals surface area contributed by atoms with Crippen molar-refractivity contribution < 1.29 is 9.90 Å². The lowest BCUT2D eigenvalue weighted by atomic mass is 9.85. The molecule has 1 aromatic rings. The van der Waals surface area contributed by atoms with Gasteiger partial charge in [-0.2, -0.15) is 5.26 Å². The van der Waals surface area contributed by atoms with Crippen LogP contribution in [0.5, 0.6) is 0 Å². The summed E-state index contributed by atoms with van der Waals surface area (Å²) in [5.41, 5.74) is 1.70. The predicted octanol–water partition coefficient (Wildman–Crippen LogP) is 2.16. The molecule has 2 atom stereocenters. The molecule has 0 radical (unpaired) electrons. The van der Waals surface area contributed by atoms with Gasteiger partial charge in [-0.25, -0.2) is 0 Å². The molecule has 21 heavy (non-hydrogen) atoms. The van der Waals surface area contributed by atoms with Gasteiger partial charge < -0.3 is 10.4 Å². The summed E-state index contributed by atoms with van der Waals surface area (Å²) in [5, 5.41) is 21.2. The zero-order valence-electron chi connectivity index (χ0n) is 12.2. The Morgan fingerprint density at radius 1 is 1.29 bits per heavy atom. The second-order valence-electron chi connectivity index (χ2n) is 5.71. The quantitative estimate of drug-likeness (QED) is 0.871. The molecular weight excluding hydrogens is 264 g/mol. The third kappa shape index (κ3) is 4.57. The van der Waals surface area contributed by atoms with Gasteiger partial charge >= 0.3 is 0 Å². The summed E-state index contributed by atoms with van der Waals surface area (Å²) in [6, 6.07) is 9.54. The molecule has 1 aliphatic rings. The van der Waals surface area contributed by atoms with E-state index in [9.17, 15) is 9.90 Å². The van der Waals surface area contributed by atoms with Crippen LogP contribution in [-0.2, 0) is 11.2 Å². The Kier molecular flexibility index (Phi) is 5.77. The molecule has 0 saturated heterocycles. The fraction of sp³-hybridized carbons (Fsp3) is 0.529. The number of amides is 1. The van der Waals surface area contributed by atoms with Crippen LogP contribution in [0.15, 0.2) is 24.3 Å². The number of aliphatic hydroxyl groups is 1. The van der Waals surface area contributed by atoms with Crippen molar-refractivity contribution in [2.24, 2.45) is 5.92 Å². The second kappa shape index (κ2) is 7.80. The van der Waals surface area contributed by atoms with Crippen molar-refractivity contribution in [1.82, 2.24) is 5.32 Å². The van der Waals surface area contributed by atoms with Crippen molar-refractivity contribution in [1.29, 1.82) is 5.26 Å². The fourth-order valence-corrected chi connectivity index (χ4v) is 2.90. The molecule has 1 aromatic carbocycles. The minimum absolute atomic E-state index is 0.0460. The molecule has 2 unspecified atom stereocenters. The molecule has 1 fully saturated rings. The fourth-order valence-electron chi connectivity index (χ4n) is 2.90. The third-order valence-electron chi connectivity index (χ3n) is 4.21. The Morgan fingerprint density at radius 2 is 2.00 bits per heavy atom. The highest BCUT2D eigenvalue weighted by molar-refractivity contribution is 5.76. The minimum Gasteiger partial charge on any atom is -0.396 e. The number of aliphatic hydroxyl groups excluding tert-OH is 1. The highest BCUT2D eigenvalue weighted by atomic mass is 16.3. The van der Waals surface area contributed by atoms with Crippen LogP contribution in [0.3, 0.4) is 0 Å². The molecule has 2 rings (SSSR count). The Morgan fingerprint density at radius 3 is 2.67 bits per heavy atom. The first-order valence-electron chi connectivity index (χ1n) is 7.62. The Labute approximate surface area is 125 Å². The summed E-state index contributed by atoms with van der Waals surface area (Å²) in [6.07, 6.45) is 5.35. The van der Waals surface area contributed by atoms with E-state index in [1.54, 1.807) is 12.1 Å². The average molecular weight is 286 g/mol. The van der Waals surface area contributed by atoms with E-state index in [0.717, 1.165) is 31.2 Å². The summed E-state index contributed by atoms with van der Waals surface area (Å²) >= 11 is 0. The first-order chi connectivity index (χ1) is 10.2. The number of rotatable bonds is 5. The molecule has 1 saturated carbocycles. The Hall–Kier alpha value is -1.86. The Bertz CT molecular complexity index is 505. The van der Waals surface area contributed by atoms with Crippen LogP contribution in [0.25, 0.3) is 0 Å². The lowest BCUT2D eigenvalue weighted by molar-refractivity contribution is -0.122. The van der Waals surface area contributed by atoms with Gasteiger partial charge in [0.1, 0.15) is 0 Å².